The van der Waals surface area contributed by atoms with Gasteiger partial charge < -0.3 is 10.1 Å². The summed E-state index contributed by atoms with van der Waals surface area (Å²) in [6, 6.07) is 6.16. The third-order valence-corrected chi connectivity index (χ3v) is 2.69. The third-order valence-electron chi connectivity index (χ3n) is 2.69. The molecule has 1 atom stereocenters. The van der Waals surface area contributed by atoms with Crippen LogP contribution < -0.4 is 5.32 Å². The molecule has 1 unspecified atom stereocenters. The molecule has 1 aromatic heterocycles. The van der Waals surface area contributed by atoms with Crippen LogP contribution in [0, 0.1) is 11.3 Å². The Bertz CT molecular complexity index is 380. The average molecular weight is 217 g/mol. The maximum absolute atomic E-state index is 8.70. The van der Waals surface area contributed by atoms with Crippen LogP contribution in [0.3, 0.4) is 0 Å². The number of nitriles is 1. The van der Waals surface area contributed by atoms with E-state index in [-0.39, 0.29) is 0 Å². The van der Waals surface area contributed by atoms with Gasteiger partial charge in [0.05, 0.1) is 13.2 Å². The second-order valence-corrected chi connectivity index (χ2v) is 3.97. The van der Waals surface area contributed by atoms with E-state index in [0.717, 1.165) is 18.7 Å². The Balaban J connectivity index is 1.78. The Morgan fingerprint density at radius 1 is 1.62 bits per heavy atom. The average Bonchev–Trinajstić information content (AvgIpc) is 2.82. The molecule has 2 heterocycles. The molecule has 1 fully saturated rings. The van der Waals surface area contributed by atoms with Crippen molar-refractivity contribution < 1.29 is 4.74 Å². The van der Waals surface area contributed by atoms with Gasteiger partial charge in [0.15, 0.2) is 0 Å². The third kappa shape index (κ3) is 3.02. The van der Waals surface area contributed by atoms with E-state index in [9.17, 15) is 0 Å². The lowest BCUT2D eigenvalue weighted by Gasteiger charge is -2.10. The molecule has 0 aliphatic carbocycles. The van der Waals surface area contributed by atoms with Gasteiger partial charge in [0.25, 0.3) is 0 Å². The molecule has 4 heteroatoms. The minimum absolute atomic E-state index is 0.445. The number of nitrogens with zero attached hydrogens (tertiary/aromatic N) is 2. The zero-order valence-electron chi connectivity index (χ0n) is 9.15. The molecule has 84 valence electrons. The summed E-state index contributed by atoms with van der Waals surface area (Å²) in [6.07, 6.45) is 4.08. The van der Waals surface area contributed by atoms with Crippen LogP contribution in [0.15, 0.2) is 18.3 Å². The van der Waals surface area contributed by atoms with Crippen LogP contribution in [-0.2, 0) is 11.3 Å². The summed E-state index contributed by atoms with van der Waals surface area (Å²) in [7, 11) is 0. The van der Waals surface area contributed by atoms with Crippen LogP contribution in [-0.4, -0.2) is 24.2 Å². The predicted molar refractivity (Wildman–Crippen MR) is 59.6 cm³/mol. The molecule has 0 spiro atoms. The van der Waals surface area contributed by atoms with E-state index in [4.69, 9.17) is 10.00 Å². The molecule has 0 amide bonds. The fraction of sp³-hybridized carbons (Fsp3) is 0.500. The van der Waals surface area contributed by atoms with E-state index in [0.29, 0.717) is 18.3 Å². The summed E-state index contributed by atoms with van der Waals surface area (Å²) in [5.74, 6) is 0. The topological polar surface area (TPSA) is 57.9 Å². The van der Waals surface area contributed by atoms with E-state index in [2.05, 4.69) is 10.3 Å². The molecule has 4 nitrogen and oxygen atoms in total. The maximum atomic E-state index is 8.70. The fourth-order valence-corrected chi connectivity index (χ4v) is 1.84. The number of ether oxygens (including phenoxy) is 1. The number of aromatic nitrogens is 1. The number of hydrogen-bond donors (Lipinski definition) is 1. The van der Waals surface area contributed by atoms with Gasteiger partial charge in [-0.1, -0.05) is 0 Å². The highest BCUT2D eigenvalue weighted by atomic mass is 16.5. The molecule has 0 radical (unpaired) electrons. The van der Waals surface area contributed by atoms with Crippen LogP contribution >= 0.6 is 0 Å². The van der Waals surface area contributed by atoms with Crippen LogP contribution in [0.25, 0.3) is 0 Å². The first-order chi connectivity index (χ1) is 7.88. The molecule has 1 aliphatic rings. The van der Waals surface area contributed by atoms with Crippen molar-refractivity contribution in [2.45, 2.75) is 25.5 Å². The van der Waals surface area contributed by atoms with Crippen LogP contribution in [0.1, 0.15) is 24.1 Å². The van der Waals surface area contributed by atoms with Crippen molar-refractivity contribution in [2.24, 2.45) is 0 Å². The Labute approximate surface area is 95.3 Å². The molecule has 2 rings (SSSR count). The molecular formula is C12H15N3O. The van der Waals surface area contributed by atoms with Gasteiger partial charge >= 0.3 is 0 Å². The lowest BCUT2D eigenvalue weighted by molar-refractivity contribution is 0.103. The second-order valence-electron chi connectivity index (χ2n) is 3.97. The number of pyridine rings is 1. The van der Waals surface area contributed by atoms with Crippen molar-refractivity contribution in [1.82, 2.24) is 10.3 Å². The lowest BCUT2D eigenvalue weighted by atomic mass is 10.2. The monoisotopic (exact) mass is 217 g/mol. The molecule has 1 aromatic rings. The van der Waals surface area contributed by atoms with E-state index in [1.54, 1.807) is 12.3 Å². The van der Waals surface area contributed by atoms with Gasteiger partial charge in [0, 0.05) is 12.2 Å². The molecular weight excluding hydrogens is 202 g/mol. The first-order valence-corrected chi connectivity index (χ1v) is 5.54. The fourth-order valence-electron chi connectivity index (χ4n) is 1.84. The highest BCUT2D eigenvalue weighted by Gasteiger charge is 2.13. The van der Waals surface area contributed by atoms with E-state index < -0.39 is 0 Å². The van der Waals surface area contributed by atoms with Gasteiger partial charge in [-0.3, -0.25) is 0 Å². The summed E-state index contributed by atoms with van der Waals surface area (Å²) in [4.78, 5) is 3.91. The van der Waals surface area contributed by atoms with E-state index in [1.807, 2.05) is 12.1 Å². The summed E-state index contributed by atoms with van der Waals surface area (Å²) in [5.41, 5.74) is 1.45. The van der Waals surface area contributed by atoms with Crippen molar-refractivity contribution in [3.8, 4) is 6.07 Å². The zero-order chi connectivity index (χ0) is 11.2. The number of rotatable bonds is 4. The number of nitrogens with one attached hydrogen (secondary N) is 1. The zero-order valence-corrected chi connectivity index (χ0v) is 9.15. The van der Waals surface area contributed by atoms with Crippen LogP contribution in [0.2, 0.25) is 0 Å². The molecule has 16 heavy (non-hydrogen) atoms. The molecule has 0 bridgehead atoms. The Morgan fingerprint density at radius 2 is 2.56 bits per heavy atom. The largest absolute Gasteiger partial charge is 0.375 e. The second kappa shape index (κ2) is 5.59. The minimum atomic E-state index is 0.445. The summed E-state index contributed by atoms with van der Waals surface area (Å²) in [5, 5.41) is 12.1. The highest BCUT2D eigenvalue weighted by Crippen LogP contribution is 2.07. The summed E-state index contributed by atoms with van der Waals surface area (Å²) in [6.45, 7) is 2.39. The molecule has 0 saturated carbocycles. The molecule has 0 aromatic carbocycles. The van der Waals surface area contributed by atoms with Gasteiger partial charge in [-0.2, -0.15) is 5.26 Å². The molecule has 1 saturated heterocycles. The SMILES string of the molecule is N#Cc1cc(COCC2CCCN2)ccn1. The van der Waals surface area contributed by atoms with E-state index >= 15 is 0 Å². The Morgan fingerprint density at radius 3 is 3.31 bits per heavy atom. The van der Waals surface area contributed by atoms with E-state index in [1.165, 1.54) is 12.8 Å². The summed E-state index contributed by atoms with van der Waals surface area (Å²) < 4.78 is 5.60. The minimum Gasteiger partial charge on any atom is -0.375 e. The number of hydrogen-bond acceptors (Lipinski definition) is 4. The quantitative estimate of drug-likeness (QED) is 0.824. The lowest BCUT2D eigenvalue weighted by Crippen LogP contribution is -2.26. The van der Waals surface area contributed by atoms with Crippen molar-refractivity contribution in [1.29, 1.82) is 5.26 Å². The van der Waals surface area contributed by atoms with Crippen molar-refractivity contribution in [2.75, 3.05) is 13.2 Å². The van der Waals surface area contributed by atoms with Gasteiger partial charge in [-0.05, 0) is 37.1 Å². The first-order valence-electron chi connectivity index (χ1n) is 5.54. The highest BCUT2D eigenvalue weighted by molar-refractivity contribution is 5.24. The van der Waals surface area contributed by atoms with Gasteiger partial charge in [-0.15, -0.1) is 0 Å². The van der Waals surface area contributed by atoms with Crippen LogP contribution in [0.5, 0.6) is 0 Å². The standard InChI is InChI=1S/C12H15N3O/c13-7-12-6-10(3-5-15-12)8-16-9-11-2-1-4-14-11/h3,5-6,11,14H,1-2,4,8-9H2. The normalized spacial score (nSPS) is 19.6. The van der Waals surface area contributed by atoms with Crippen LogP contribution in [0.4, 0.5) is 0 Å². The maximum Gasteiger partial charge on any atom is 0.140 e. The predicted octanol–water partition coefficient (Wildman–Crippen LogP) is 1.22. The molecule has 1 aliphatic heterocycles. The summed E-state index contributed by atoms with van der Waals surface area (Å²) >= 11 is 0. The van der Waals surface area contributed by atoms with Crippen molar-refractivity contribution >= 4 is 0 Å². The van der Waals surface area contributed by atoms with Gasteiger partial charge in [0.2, 0.25) is 0 Å². The Hall–Kier alpha value is -1.44. The van der Waals surface area contributed by atoms with Crippen molar-refractivity contribution in [3.05, 3.63) is 29.6 Å². The Kier molecular flexibility index (Phi) is 3.86. The van der Waals surface area contributed by atoms with Crippen molar-refractivity contribution in [3.63, 3.8) is 0 Å². The molecule has 1 N–H and O–H groups in total. The first kappa shape index (κ1) is 11.1. The van der Waals surface area contributed by atoms with Gasteiger partial charge in [-0.25, -0.2) is 4.98 Å². The van der Waals surface area contributed by atoms with Gasteiger partial charge in [0.1, 0.15) is 11.8 Å². The smallest absolute Gasteiger partial charge is 0.140 e.